The second-order valence-corrected chi connectivity index (χ2v) is 7.95. The van der Waals surface area contributed by atoms with Gasteiger partial charge < -0.3 is 0 Å². The van der Waals surface area contributed by atoms with Gasteiger partial charge in [-0.15, -0.1) is 0 Å². The monoisotopic (exact) mass is 371 g/mol. The van der Waals surface area contributed by atoms with Crippen molar-refractivity contribution in [1.82, 2.24) is 0 Å². The van der Waals surface area contributed by atoms with Gasteiger partial charge in [0.25, 0.3) is 0 Å². The van der Waals surface area contributed by atoms with Crippen molar-refractivity contribution in [3.8, 4) is 17.2 Å². The molecule has 0 aliphatic heterocycles. The number of nitriles is 1. The largest absolute Gasteiger partial charge is 0.242 e. The number of aryl methyl sites for hydroxylation is 1. The summed E-state index contributed by atoms with van der Waals surface area (Å²) >= 11 is 0. The van der Waals surface area contributed by atoms with Crippen molar-refractivity contribution in [2.75, 3.05) is 0 Å². The van der Waals surface area contributed by atoms with E-state index in [1.54, 1.807) is 0 Å². The normalized spacial score (nSPS) is 18.6. The first-order valence-corrected chi connectivity index (χ1v) is 10.4. The summed E-state index contributed by atoms with van der Waals surface area (Å²) in [5.41, 5.74) is 5.00. The molecule has 0 aromatic heterocycles. The van der Waals surface area contributed by atoms with E-state index >= 15 is 4.39 Å². The van der Waals surface area contributed by atoms with Gasteiger partial charge in [-0.05, 0) is 76.4 Å². The van der Waals surface area contributed by atoms with E-state index in [1.165, 1.54) is 23.8 Å². The molecule has 0 saturated heterocycles. The summed E-state index contributed by atoms with van der Waals surface area (Å²) < 4.78 is 15.2. The third kappa shape index (κ3) is 3.54. The number of alkyl halides is 1. The second kappa shape index (κ2) is 8.15. The maximum Gasteiger partial charge on any atom is 0.128 e. The van der Waals surface area contributed by atoms with Gasteiger partial charge in [0.1, 0.15) is 6.17 Å². The lowest BCUT2D eigenvalue weighted by atomic mass is 9.78. The van der Waals surface area contributed by atoms with Crippen LogP contribution < -0.4 is 0 Å². The lowest BCUT2D eigenvalue weighted by Gasteiger charge is -2.29. The highest BCUT2D eigenvalue weighted by Gasteiger charge is 2.30. The minimum atomic E-state index is -0.830. The molecule has 3 aromatic rings. The standard InChI is InChI=1S/C26H26FN/c1-2-3-4-5-20-10-14-24-23-13-11-21(19-8-6-18(17-28)7-9-19)16-22(23)12-15-25(24)26(20)27/h6-9,11-13,15-16,20,26H,2-5,10,14H2,1H3/t20-,26+/m0/s1. The maximum absolute atomic E-state index is 15.2. The average molecular weight is 371 g/mol. The van der Waals surface area contributed by atoms with Crippen LogP contribution in [0, 0.1) is 17.2 Å². The molecule has 0 fully saturated rings. The van der Waals surface area contributed by atoms with E-state index in [2.05, 4.69) is 37.3 Å². The van der Waals surface area contributed by atoms with Gasteiger partial charge in [0.15, 0.2) is 0 Å². The van der Waals surface area contributed by atoms with Gasteiger partial charge in [0.05, 0.1) is 11.6 Å². The van der Waals surface area contributed by atoms with Crippen LogP contribution in [-0.2, 0) is 6.42 Å². The number of nitrogens with zero attached hydrogens (tertiary/aromatic N) is 1. The van der Waals surface area contributed by atoms with Crippen molar-refractivity contribution in [2.45, 2.75) is 51.6 Å². The van der Waals surface area contributed by atoms with Crippen LogP contribution in [0.25, 0.3) is 21.9 Å². The first-order valence-electron chi connectivity index (χ1n) is 10.4. The lowest BCUT2D eigenvalue weighted by molar-refractivity contribution is 0.192. The van der Waals surface area contributed by atoms with E-state index in [9.17, 15) is 0 Å². The zero-order valence-electron chi connectivity index (χ0n) is 16.4. The van der Waals surface area contributed by atoms with Gasteiger partial charge in [0, 0.05) is 0 Å². The molecule has 3 aromatic carbocycles. The Morgan fingerprint density at radius 1 is 1.00 bits per heavy atom. The van der Waals surface area contributed by atoms with Crippen LogP contribution in [0.15, 0.2) is 54.6 Å². The molecule has 0 N–H and O–H groups in total. The third-order valence-electron chi connectivity index (χ3n) is 6.17. The number of fused-ring (bicyclic) bond motifs is 3. The Balaban J connectivity index is 1.64. The number of hydrogen-bond acceptors (Lipinski definition) is 1. The molecule has 28 heavy (non-hydrogen) atoms. The van der Waals surface area contributed by atoms with E-state index in [0.29, 0.717) is 5.56 Å². The summed E-state index contributed by atoms with van der Waals surface area (Å²) in [4.78, 5) is 0. The van der Waals surface area contributed by atoms with Crippen molar-refractivity contribution in [3.63, 3.8) is 0 Å². The zero-order chi connectivity index (χ0) is 19.5. The van der Waals surface area contributed by atoms with Gasteiger partial charge in [-0.1, -0.05) is 62.6 Å². The highest BCUT2D eigenvalue weighted by atomic mass is 19.1. The maximum atomic E-state index is 15.2. The second-order valence-electron chi connectivity index (χ2n) is 7.95. The Hall–Kier alpha value is -2.66. The Kier molecular flexibility index (Phi) is 5.44. The molecular weight excluding hydrogens is 345 g/mol. The van der Waals surface area contributed by atoms with E-state index < -0.39 is 6.17 Å². The van der Waals surface area contributed by atoms with Gasteiger partial charge in [-0.2, -0.15) is 5.26 Å². The summed E-state index contributed by atoms with van der Waals surface area (Å²) in [5, 5.41) is 11.3. The quantitative estimate of drug-likeness (QED) is 0.425. The van der Waals surface area contributed by atoms with Crippen LogP contribution in [0.2, 0.25) is 0 Å². The Bertz CT molecular complexity index is 1010. The molecular formula is C26H26FN. The fourth-order valence-electron chi connectivity index (χ4n) is 4.54. The summed E-state index contributed by atoms with van der Waals surface area (Å²) in [7, 11) is 0. The van der Waals surface area contributed by atoms with E-state index in [1.807, 2.05) is 30.3 Å². The van der Waals surface area contributed by atoms with Gasteiger partial charge >= 0.3 is 0 Å². The molecule has 4 rings (SSSR count). The van der Waals surface area contributed by atoms with Crippen molar-refractivity contribution < 1.29 is 4.39 Å². The molecule has 1 nitrogen and oxygen atoms in total. The molecule has 0 spiro atoms. The van der Waals surface area contributed by atoms with E-state index in [0.717, 1.165) is 47.8 Å². The minimum Gasteiger partial charge on any atom is -0.242 e. The van der Waals surface area contributed by atoms with Crippen LogP contribution in [0.4, 0.5) is 4.39 Å². The number of unbranched alkanes of at least 4 members (excludes halogenated alkanes) is 2. The number of hydrogen-bond donors (Lipinski definition) is 0. The summed E-state index contributed by atoms with van der Waals surface area (Å²) in [5.74, 6) is 0.175. The number of rotatable bonds is 5. The first-order chi connectivity index (χ1) is 13.7. The highest BCUT2D eigenvalue weighted by molar-refractivity contribution is 5.91. The lowest BCUT2D eigenvalue weighted by Crippen LogP contribution is -2.18. The average Bonchev–Trinajstić information content (AvgIpc) is 2.75. The smallest absolute Gasteiger partial charge is 0.128 e. The summed E-state index contributed by atoms with van der Waals surface area (Å²) in [6, 6.07) is 20.3. The molecule has 1 aliphatic carbocycles. The van der Waals surface area contributed by atoms with Gasteiger partial charge in [-0.25, -0.2) is 4.39 Å². The topological polar surface area (TPSA) is 23.8 Å². The molecule has 0 bridgehead atoms. The van der Waals surface area contributed by atoms with Crippen molar-refractivity contribution >= 4 is 10.8 Å². The molecule has 0 amide bonds. The van der Waals surface area contributed by atoms with Crippen LogP contribution in [0.1, 0.15) is 61.9 Å². The third-order valence-corrected chi connectivity index (χ3v) is 6.17. The predicted octanol–water partition coefficient (Wildman–Crippen LogP) is 7.53. The van der Waals surface area contributed by atoms with Crippen LogP contribution >= 0.6 is 0 Å². The Morgan fingerprint density at radius 2 is 1.79 bits per heavy atom. The highest BCUT2D eigenvalue weighted by Crippen LogP contribution is 2.43. The van der Waals surface area contributed by atoms with Crippen LogP contribution in [0.5, 0.6) is 0 Å². The fraction of sp³-hybridized carbons (Fsp3) is 0.346. The van der Waals surface area contributed by atoms with Gasteiger partial charge in [0.2, 0.25) is 0 Å². The molecule has 1 aliphatic rings. The molecule has 2 atom stereocenters. The fourth-order valence-corrected chi connectivity index (χ4v) is 4.54. The van der Waals surface area contributed by atoms with Crippen LogP contribution in [0.3, 0.4) is 0 Å². The van der Waals surface area contributed by atoms with Gasteiger partial charge in [-0.3, -0.25) is 0 Å². The van der Waals surface area contributed by atoms with Crippen molar-refractivity contribution in [2.24, 2.45) is 5.92 Å². The Morgan fingerprint density at radius 3 is 2.54 bits per heavy atom. The summed E-state index contributed by atoms with van der Waals surface area (Å²) in [6.45, 7) is 2.20. The molecule has 0 saturated carbocycles. The first kappa shape index (κ1) is 18.7. The number of benzene rings is 3. The van der Waals surface area contributed by atoms with E-state index in [4.69, 9.17) is 5.26 Å². The van der Waals surface area contributed by atoms with Crippen molar-refractivity contribution in [3.05, 3.63) is 71.3 Å². The molecule has 142 valence electrons. The summed E-state index contributed by atoms with van der Waals surface area (Å²) in [6.07, 6.45) is 5.62. The SMILES string of the molecule is CCCCC[C@H]1CCc2c(ccc3cc(-c4ccc(C#N)cc4)ccc23)[C@@H]1F. The molecule has 2 heteroatoms. The molecule has 0 heterocycles. The van der Waals surface area contributed by atoms with Crippen LogP contribution in [-0.4, -0.2) is 0 Å². The number of halogens is 1. The zero-order valence-corrected chi connectivity index (χ0v) is 16.4. The molecule has 0 radical (unpaired) electrons. The van der Waals surface area contributed by atoms with Crippen molar-refractivity contribution in [1.29, 1.82) is 5.26 Å². The van der Waals surface area contributed by atoms with E-state index in [-0.39, 0.29) is 5.92 Å². The predicted molar refractivity (Wildman–Crippen MR) is 114 cm³/mol. The minimum absolute atomic E-state index is 0.175. The molecule has 0 unspecified atom stereocenters. The Labute approximate surface area is 166 Å².